The third kappa shape index (κ3) is 3.64. The summed E-state index contributed by atoms with van der Waals surface area (Å²) in [5.41, 5.74) is 2.22. The summed E-state index contributed by atoms with van der Waals surface area (Å²) >= 11 is 9.64. The van der Waals surface area contributed by atoms with Crippen LogP contribution in [0.25, 0.3) is 0 Å². The average molecular weight is 341 g/mol. The first-order chi connectivity index (χ1) is 9.10. The van der Waals surface area contributed by atoms with Crippen molar-refractivity contribution < 1.29 is 4.74 Å². The van der Waals surface area contributed by atoms with Crippen LogP contribution in [0.4, 0.5) is 5.69 Å². The molecular weight excluding hydrogens is 326 g/mol. The third-order valence-electron chi connectivity index (χ3n) is 2.94. The highest BCUT2D eigenvalue weighted by atomic mass is 79.9. The lowest BCUT2D eigenvalue weighted by molar-refractivity contribution is 0.415. The van der Waals surface area contributed by atoms with E-state index in [4.69, 9.17) is 16.3 Å². The Kier molecular flexibility index (Phi) is 4.72. The summed E-state index contributed by atoms with van der Waals surface area (Å²) in [5.74, 6) is 0.860. The number of hydrogen-bond donors (Lipinski definition) is 0. The molecule has 0 unspecified atom stereocenters. The summed E-state index contributed by atoms with van der Waals surface area (Å²) in [6, 6.07) is 13.9. The second-order valence-electron chi connectivity index (χ2n) is 4.29. The van der Waals surface area contributed by atoms with Crippen LogP contribution in [0.5, 0.6) is 5.75 Å². The average Bonchev–Trinajstić information content (AvgIpc) is 2.42. The summed E-state index contributed by atoms with van der Waals surface area (Å²) in [4.78, 5) is 2.15. The van der Waals surface area contributed by atoms with Gasteiger partial charge in [0, 0.05) is 28.8 Å². The number of benzene rings is 2. The molecule has 0 spiro atoms. The van der Waals surface area contributed by atoms with E-state index in [-0.39, 0.29) is 0 Å². The molecule has 2 rings (SSSR count). The van der Waals surface area contributed by atoms with Crippen LogP contribution < -0.4 is 9.64 Å². The lowest BCUT2D eigenvalue weighted by Gasteiger charge is -2.20. The van der Waals surface area contributed by atoms with E-state index in [1.807, 2.05) is 49.5 Å². The van der Waals surface area contributed by atoms with Gasteiger partial charge in [-0.05, 0) is 42.0 Å². The molecule has 0 aliphatic heterocycles. The maximum absolute atomic E-state index is 6.23. The Hall–Kier alpha value is -1.19. The quantitative estimate of drug-likeness (QED) is 0.796. The maximum Gasteiger partial charge on any atom is 0.119 e. The van der Waals surface area contributed by atoms with Crippen LogP contribution in [0.2, 0.25) is 5.02 Å². The SMILES string of the molecule is COc1ccc(N(C)Cc2ccc(Br)cc2Cl)cc1. The van der Waals surface area contributed by atoms with E-state index in [1.165, 1.54) is 0 Å². The second kappa shape index (κ2) is 6.31. The topological polar surface area (TPSA) is 12.5 Å². The lowest BCUT2D eigenvalue weighted by atomic mass is 10.2. The highest BCUT2D eigenvalue weighted by Crippen LogP contribution is 2.25. The van der Waals surface area contributed by atoms with Gasteiger partial charge in [0.15, 0.2) is 0 Å². The molecule has 0 radical (unpaired) electrons. The zero-order valence-electron chi connectivity index (χ0n) is 10.9. The van der Waals surface area contributed by atoms with Crippen molar-refractivity contribution in [1.29, 1.82) is 0 Å². The minimum atomic E-state index is 0.762. The van der Waals surface area contributed by atoms with Gasteiger partial charge >= 0.3 is 0 Å². The highest BCUT2D eigenvalue weighted by molar-refractivity contribution is 9.10. The van der Waals surface area contributed by atoms with Gasteiger partial charge in [-0.15, -0.1) is 0 Å². The molecule has 0 saturated heterocycles. The Balaban J connectivity index is 2.13. The standard InChI is InChI=1S/C15H15BrClNO/c1-18(13-5-7-14(19-2)8-6-13)10-11-3-4-12(16)9-15(11)17/h3-9H,10H2,1-2H3. The van der Waals surface area contributed by atoms with Crippen molar-refractivity contribution in [2.45, 2.75) is 6.54 Å². The minimum absolute atomic E-state index is 0.762. The normalized spacial score (nSPS) is 10.3. The number of halogens is 2. The first-order valence-corrected chi connectivity index (χ1v) is 7.06. The van der Waals surface area contributed by atoms with Gasteiger partial charge in [0.2, 0.25) is 0 Å². The molecule has 2 aromatic rings. The van der Waals surface area contributed by atoms with Crippen molar-refractivity contribution in [2.24, 2.45) is 0 Å². The molecule has 0 amide bonds. The van der Waals surface area contributed by atoms with Crippen molar-refractivity contribution in [3.8, 4) is 5.75 Å². The Morgan fingerprint density at radius 3 is 2.42 bits per heavy atom. The van der Waals surface area contributed by atoms with Crippen molar-refractivity contribution in [3.63, 3.8) is 0 Å². The van der Waals surface area contributed by atoms with Gasteiger partial charge in [-0.25, -0.2) is 0 Å². The Labute approximate surface area is 127 Å². The van der Waals surface area contributed by atoms with E-state index in [1.54, 1.807) is 7.11 Å². The molecule has 0 aromatic heterocycles. The zero-order valence-corrected chi connectivity index (χ0v) is 13.2. The Morgan fingerprint density at radius 2 is 1.84 bits per heavy atom. The fraction of sp³-hybridized carbons (Fsp3) is 0.200. The van der Waals surface area contributed by atoms with Gasteiger partial charge in [-0.1, -0.05) is 33.6 Å². The lowest BCUT2D eigenvalue weighted by Crippen LogP contribution is -2.16. The van der Waals surface area contributed by atoms with Crippen LogP contribution >= 0.6 is 27.5 Å². The van der Waals surface area contributed by atoms with Crippen molar-refractivity contribution >= 4 is 33.2 Å². The summed E-state index contributed by atoms with van der Waals surface area (Å²) < 4.78 is 6.15. The minimum Gasteiger partial charge on any atom is -0.497 e. The van der Waals surface area contributed by atoms with E-state index >= 15 is 0 Å². The first-order valence-electron chi connectivity index (χ1n) is 5.89. The molecule has 2 nitrogen and oxygen atoms in total. The number of rotatable bonds is 4. The van der Waals surface area contributed by atoms with E-state index in [9.17, 15) is 0 Å². The number of ether oxygens (including phenoxy) is 1. The molecule has 0 N–H and O–H groups in total. The highest BCUT2D eigenvalue weighted by Gasteiger charge is 2.06. The second-order valence-corrected chi connectivity index (χ2v) is 5.61. The molecule has 0 atom stereocenters. The van der Waals surface area contributed by atoms with Crippen LogP contribution in [0.1, 0.15) is 5.56 Å². The van der Waals surface area contributed by atoms with Gasteiger partial charge in [0.25, 0.3) is 0 Å². The Bertz CT molecular complexity index is 557. The number of anilines is 1. The molecule has 0 aliphatic carbocycles. The fourth-order valence-corrected chi connectivity index (χ4v) is 2.57. The van der Waals surface area contributed by atoms with Crippen LogP contribution in [0.3, 0.4) is 0 Å². The van der Waals surface area contributed by atoms with Gasteiger partial charge in [-0.3, -0.25) is 0 Å². The molecule has 4 heteroatoms. The number of methoxy groups -OCH3 is 1. The molecule has 0 aliphatic rings. The molecule has 0 fully saturated rings. The molecule has 2 aromatic carbocycles. The summed E-state index contributed by atoms with van der Waals surface area (Å²) in [6.45, 7) is 0.762. The molecule has 0 bridgehead atoms. The monoisotopic (exact) mass is 339 g/mol. The molecule has 100 valence electrons. The number of nitrogens with zero attached hydrogens (tertiary/aromatic N) is 1. The molecule has 0 saturated carbocycles. The molecular formula is C15H15BrClNO. The van der Waals surface area contributed by atoms with Gasteiger partial charge in [0.05, 0.1) is 7.11 Å². The van der Waals surface area contributed by atoms with Crippen molar-refractivity contribution in [3.05, 3.63) is 57.5 Å². The Morgan fingerprint density at radius 1 is 1.16 bits per heavy atom. The van der Waals surface area contributed by atoms with Crippen molar-refractivity contribution in [2.75, 3.05) is 19.1 Å². The van der Waals surface area contributed by atoms with E-state index in [0.717, 1.165) is 33.0 Å². The molecule has 19 heavy (non-hydrogen) atoms. The fourth-order valence-electron chi connectivity index (χ4n) is 1.83. The van der Waals surface area contributed by atoms with Crippen molar-refractivity contribution in [1.82, 2.24) is 0 Å². The van der Waals surface area contributed by atoms with E-state index < -0.39 is 0 Å². The zero-order chi connectivity index (χ0) is 13.8. The van der Waals surface area contributed by atoms with Crippen LogP contribution in [-0.2, 0) is 6.54 Å². The molecule has 0 heterocycles. The van der Waals surface area contributed by atoms with E-state index in [0.29, 0.717) is 0 Å². The summed E-state index contributed by atoms with van der Waals surface area (Å²) in [7, 11) is 3.71. The number of hydrogen-bond acceptors (Lipinski definition) is 2. The summed E-state index contributed by atoms with van der Waals surface area (Å²) in [6.07, 6.45) is 0. The van der Waals surface area contributed by atoms with Crippen LogP contribution in [0.15, 0.2) is 46.9 Å². The first kappa shape index (κ1) is 14.2. The predicted molar refractivity (Wildman–Crippen MR) is 84.3 cm³/mol. The van der Waals surface area contributed by atoms with Crippen LogP contribution in [0, 0.1) is 0 Å². The maximum atomic E-state index is 6.23. The predicted octanol–water partition coefficient (Wildman–Crippen LogP) is 4.75. The third-order valence-corrected chi connectivity index (χ3v) is 3.78. The van der Waals surface area contributed by atoms with Gasteiger partial charge in [0.1, 0.15) is 5.75 Å². The largest absolute Gasteiger partial charge is 0.497 e. The smallest absolute Gasteiger partial charge is 0.119 e. The van der Waals surface area contributed by atoms with E-state index in [2.05, 4.69) is 20.8 Å². The summed E-state index contributed by atoms with van der Waals surface area (Å²) in [5, 5.41) is 0.773. The van der Waals surface area contributed by atoms with Crippen LogP contribution in [-0.4, -0.2) is 14.2 Å². The van der Waals surface area contributed by atoms with Gasteiger partial charge in [-0.2, -0.15) is 0 Å². The van der Waals surface area contributed by atoms with Gasteiger partial charge < -0.3 is 9.64 Å².